The number of hydrazine groups is 1. The maximum absolute atomic E-state index is 12.2. The molecule has 0 fully saturated rings. The molecule has 19 heavy (non-hydrogen) atoms. The minimum absolute atomic E-state index is 0.146. The van der Waals surface area contributed by atoms with Gasteiger partial charge in [0.2, 0.25) is 0 Å². The van der Waals surface area contributed by atoms with E-state index in [1.807, 2.05) is 0 Å². The number of nitrogens with one attached hydrogen (secondary N) is 1. The zero-order valence-corrected chi connectivity index (χ0v) is 12.1. The molecule has 2 N–H and O–H groups in total. The van der Waals surface area contributed by atoms with E-state index in [2.05, 4.69) is 5.43 Å². The SMILES string of the molecule is COP(=O)(OC)C1=CNN(c2ccc(Cl)cc2)C1O. The average molecular weight is 305 g/mol. The smallest absolute Gasteiger partial charge is 0.362 e. The Labute approximate surface area is 116 Å². The number of rotatable bonds is 4. The maximum atomic E-state index is 12.2. The van der Waals surface area contributed by atoms with Crippen molar-refractivity contribution in [2.24, 2.45) is 0 Å². The summed E-state index contributed by atoms with van der Waals surface area (Å²) in [4.78, 5) is 0. The number of nitrogens with zero attached hydrogens (tertiary/aromatic N) is 1. The predicted molar refractivity (Wildman–Crippen MR) is 72.8 cm³/mol. The van der Waals surface area contributed by atoms with E-state index in [-0.39, 0.29) is 5.31 Å². The van der Waals surface area contributed by atoms with Crippen LogP contribution in [0, 0.1) is 0 Å². The van der Waals surface area contributed by atoms with Gasteiger partial charge >= 0.3 is 7.60 Å². The van der Waals surface area contributed by atoms with Crippen LogP contribution in [0.1, 0.15) is 0 Å². The molecule has 0 radical (unpaired) electrons. The number of benzene rings is 1. The molecule has 0 aliphatic carbocycles. The van der Waals surface area contributed by atoms with E-state index in [1.165, 1.54) is 25.4 Å². The van der Waals surface area contributed by atoms with Crippen LogP contribution in [0.3, 0.4) is 0 Å². The topological polar surface area (TPSA) is 71.0 Å². The van der Waals surface area contributed by atoms with Gasteiger partial charge in [0, 0.05) is 25.4 Å². The second kappa shape index (κ2) is 5.53. The molecule has 0 spiro atoms. The summed E-state index contributed by atoms with van der Waals surface area (Å²) in [6.07, 6.45) is 0.263. The lowest BCUT2D eigenvalue weighted by atomic mass is 10.3. The summed E-state index contributed by atoms with van der Waals surface area (Å²) >= 11 is 5.80. The molecule has 1 aliphatic heterocycles. The fraction of sp³-hybridized carbons (Fsp3) is 0.273. The lowest BCUT2D eigenvalue weighted by Crippen LogP contribution is -2.38. The Hall–Kier alpha value is -1.04. The van der Waals surface area contributed by atoms with Gasteiger partial charge in [0.15, 0.2) is 6.23 Å². The monoisotopic (exact) mass is 304 g/mol. The molecule has 104 valence electrons. The normalized spacial score (nSPS) is 19.3. The molecule has 6 nitrogen and oxygen atoms in total. The van der Waals surface area contributed by atoms with Crippen molar-refractivity contribution in [2.45, 2.75) is 6.23 Å². The number of hydrogen-bond acceptors (Lipinski definition) is 6. The quantitative estimate of drug-likeness (QED) is 0.832. The number of hydrogen-bond donors (Lipinski definition) is 2. The first-order valence-electron chi connectivity index (χ1n) is 5.43. The Kier molecular flexibility index (Phi) is 4.18. The van der Waals surface area contributed by atoms with E-state index in [0.717, 1.165) is 0 Å². The van der Waals surface area contributed by atoms with Gasteiger partial charge in [-0.25, -0.2) is 0 Å². The summed E-state index contributed by atoms with van der Waals surface area (Å²) in [5, 5.41) is 12.4. The molecule has 8 heteroatoms. The first-order valence-corrected chi connectivity index (χ1v) is 7.35. The summed E-state index contributed by atoms with van der Waals surface area (Å²) in [6, 6.07) is 6.82. The molecule has 1 atom stereocenters. The van der Waals surface area contributed by atoms with Gasteiger partial charge in [-0.2, -0.15) is 0 Å². The molecule has 2 rings (SSSR count). The highest BCUT2D eigenvalue weighted by atomic mass is 35.5. The van der Waals surface area contributed by atoms with Crippen molar-refractivity contribution in [2.75, 3.05) is 19.2 Å². The van der Waals surface area contributed by atoms with Gasteiger partial charge in [0.1, 0.15) is 5.31 Å². The standard InChI is InChI=1S/C11H14ClN2O4P/c1-17-19(16,18-2)10-7-13-14(11(10)15)9-5-3-8(12)4-6-9/h3-7,11,13,15H,1-2H3. The zero-order chi connectivity index (χ0) is 14.0. The summed E-state index contributed by atoms with van der Waals surface area (Å²) in [5.41, 5.74) is 3.48. The molecule has 1 unspecified atom stereocenters. The van der Waals surface area contributed by atoms with Crippen molar-refractivity contribution in [1.82, 2.24) is 5.43 Å². The third-order valence-corrected chi connectivity index (χ3v) is 4.97. The summed E-state index contributed by atoms with van der Waals surface area (Å²) < 4.78 is 22.0. The highest BCUT2D eigenvalue weighted by Gasteiger charge is 2.39. The van der Waals surface area contributed by atoms with Crippen molar-refractivity contribution in [3.05, 3.63) is 40.8 Å². The van der Waals surface area contributed by atoms with Crippen LogP contribution >= 0.6 is 19.2 Å². The van der Waals surface area contributed by atoms with Gasteiger partial charge in [0.25, 0.3) is 0 Å². The van der Waals surface area contributed by atoms with E-state index in [4.69, 9.17) is 20.6 Å². The number of halogens is 1. The maximum Gasteiger partial charge on any atom is 0.362 e. The van der Waals surface area contributed by atoms with Gasteiger partial charge in [-0.15, -0.1) is 0 Å². The van der Waals surface area contributed by atoms with Gasteiger partial charge in [-0.3, -0.25) is 9.57 Å². The number of aliphatic hydroxyl groups excluding tert-OH is 1. The molecule has 1 aliphatic rings. The largest absolute Gasteiger partial charge is 0.367 e. The zero-order valence-electron chi connectivity index (χ0n) is 10.4. The minimum atomic E-state index is -3.47. The van der Waals surface area contributed by atoms with E-state index in [1.54, 1.807) is 24.3 Å². The Balaban J connectivity index is 2.23. The van der Waals surface area contributed by atoms with Crippen LogP contribution in [-0.2, 0) is 13.6 Å². The van der Waals surface area contributed by atoms with Gasteiger partial charge in [0.05, 0.1) is 5.69 Å². The molecular formula is C11H14ClN2O4P. The second-order valence-electron chi connectivity index (χ2n) is 3.78. The molecule has 0 amide bonds. The van der Waals surface area contributed by atoms with Crippen LogP contribution in [-0.4, -0.2) is 25.6 Å². The molecule has 0 aromatic heterocycles. The van der Waals surface area contributed by atoms with E-state index in [9.17, 15) is 9.67 Å². The predicted octanol–water partition coefficient (Wildman–Crippen LogP) is 2.31. The van der Waals surface area contributed by atoms with Gasteiger partial charge in [-0.05, 0) is 24.3 Å². The van der Waals surface area contributed by atoms with Crippen molar-refractivity contribution in [3.8, 4) is 0 Å². The molecule has 0 saturated carbocycles. The first kappa shape index (κ1) is 14.4. The van der Waals surface area contributed by atoms with Crippen LogP contribution < -0.4 is 10.4 Å². The van der Waals surface area contributed by atoms with Crippen LogP contribution in [0.5, 0.6) is 0 Å². The number of anilines is 1. The van der Waals surface area contributed by atoms with Crippen molar-refractivity contribution in [3.63, 3.8) is 0 Å². The molecular weight excluding hydrogens is 291 g/mol. The van der Waals surface area contributed by atoms with Crippen LogP contribution in [0.4, 0.5) is 5.69 Å². The van der Waals surface area contributed by atoms with Crippen LogP contribution in [0.25, 0.3) is 0 Å². The fourth-order valence-corrected chi connectivity index (χ4v) is 3.05. The van der Waals surface area contributed by atoms with Gasteiger partial charge < -0.3 is 19.6 Å². The molecule has 0 bridgehead atoms. The molecule has 1 heterocycles. The first-order chi connectivity index (χ1) is 9.01. The van der Waals surface area contributed by atoms with E-state index < -0.39 is 13.8 Å². The summed E-state index contributed by atoms with van der Waals surface area (Å²) in [7, 11) is -0.938. The third-order valence-electron chi connectivity index (χ3n) is 2.76. The van der Waals surface area contributed by atoms with E-state index in [0.29, 0.717) is 10.7 Å². The van der Waals surface area contributed by atoms with Crippen molar-refractivity contribution < 1.29 is 18.7 Å². The summed E-state index contributed by atoms with van der Waals surface area (Å²) in [5.74, 6) is 0. The fourth-order valence-electron chi connectivity index (χ4n) is 1.74. The summed E-state index contributed by atoms with van der Waals surface area (Å²) in [6.45, 7) is 0. The third kappa shape index (κ3) is 2.63. The lowest BCUT2D eigenvalue weighted by Gasteiger charge is -2.25. The van der Waals surface area contributed by atoms with Crippen molar-refractivity contribution >= 4 is 24.9 Å². The lowest BCUT2D eigenvalue weighted by molar-refractivity contribution is 0.203. The van der Waals surface area contributed by atoms with Crippen molar-refractivity contribution in [1.29, 1.82) is 0 Å². The number of aliphatic hydroxyl groups is 1. The molecule has 0 saturated heterocycles. The van der Waals surface area contributed by atoms with Gasteiger partial charge in [-0.1, -0.05) is 11.6 Å². The average Bonchev–Trinajstić information content (AvgIpc) is 2.81. The van der Waals surface area contributed by atoms with Crippen LogP contribution in [0.15, 0.2) is 35.8 Å². The van der Waals surface area contributed by atoms with Crippen LogP contribution in [0.2, 0.25) is 5.02 Å². The Morgan fingerprint density at radius 2 is 1.89 bits per heavy atom. The highest BCUT2D eigenvalue weighted by Crippen LogP contribution is 2.57. The highest BCUT2D eigenvalue weighted by molar-refractivity contribution is 7.58. The minimum Gasteiger partial charge on any atom is -0.367 e. The Morgan fingerprint density at radius 1 is 1.32 bits per heavy atom. The second-order valence-corrected chi connectivity index (χ2v) is 6.46. The molecule has 1 aromatic carbocycles. The Bertz CT molecular complexity index is 526. The molecule has 1 aromatic rings. The van der Waals surface area contributed by atoms with E-state index >= 15 is 0 Å². The Morgan fingerprint density at radius 3 is 2.42 bits per heavy atom.